The average molecular weight is 400 g/mol. The van der Waals surface area contributed by atoms with Crippen LogP contribution in [-0.4, -0.2) is 17.7 Å². The lowest BCUT2D eigenvalue weighted by molar-refractivity contribution is -0.117. The fourth-order valence-corrected chi connectivity index (χ4v) is 3.47. The van der Waals surface area contributed by atoms with Gasteiger partial charge in [-0.25, -0.2) is 0 Å². The van der Waals surface area contributed by atoms with Crippen LogP contribution >= 0.6 is 0 Å². The maximum Gasteiger partial charge on any atom is 0.259 e. The Kier molecular flexibility index (Phi) is 5.30. The molecule has 0 saturated heterocycles. The van der Waals surface area contributed by atoms with Crippen molar-refractivity contribution in [1.82, 2.24) is 5.32 Å². The molecule has 6 heteroatoms. The molecule has 0 fully saturated rings. The number of fused-ring (bicyclic) bond motifs is 1. The van der Waals surface area contributed by atoms with E-state index in [1.807, 2.05) is 37.3 Å². The van der Waals surface area contributed by atoms with Crippen molar-refractivity contribution in [1.29, 1.82) is 0 Å². The summed E-state index contributed by atoms with van der Waals surface area (Å²) in [5, 5.41) is 5.20. The van der Waals surface area contributed by atoms with Gasteiger partial charge in [0.05, 0.1) is 17.0 Å². The van der Waals surface area contributed by atoms with E-state index < -0.39 is 11.8 Å². The summed E-state index contributed by atoms with van der Waals surface area (Å²) >= 11 is 0. The number of amides is 3. The molecule has 0 bridgehead atoms. The molecule has 1 aliphatic heterocycles. The van der Waals surface area contributed by atoms with E-state index in [4.69, 9.17) is 4.74 Å². The molecule has 1 aliphatic rings. The molecule has 0 aromatic heterocycles. The van der Waals surface area contributed by atoms with Gasteiger partial charge in [-0.15, -0.1) is 0 Å². The Balaban J connectivity index is 1.49. The third-order valence-electron chi connectivity index (χ3n) is 4.97. The van der Waals surface area contributed by atoms with Crippen molar-refractivity contribution in [3.05, 3.63) is 89.5 Å². The van der Waals surface area contributed by atoms with Gasteiger partial charge in [-0.2, -0.15) is 0 Å². The number of hydrogen-bond donors (Lipinski definition) is 2. The second-order valence-corrected chi connectivity index (χ2v) is 6.98. The SMILES string of the molecule is CC[C@H](C(=O)Nc1cccc(Oc2ccc3c(c2)C(=O)NC3=O)c1)c1ccccc1. The first kappa shape index (κ1) is 19.4. The monoisotopic (exact) mass is 400 g/mol. The van der Waals surface area contributed by atoms with E-state index in [2.05, 4.69) is 10.6 Å². The molecule has 3 aromatic carbocycles. The summed E-state index contributed by atoms with van der Waals surface area (Å²) in [4.78, 5) is 36.3. The van der Waals surface area contributed by atoms with E-state index in [1.165, 1.54) is 6.07 Å². The Morgan fingerprint density at radius 1 is 0.900 bits per heavy atom. The second-order valence-electron chi connectivity index (χ2n) is 6.98. The third-order valence-corrected chi connectivity index (χ3v) is 4.97. The number of benzene rings is 3. The highest BCUT2D eigenvalue weighted by atomic mass is 16.5. The molecule has 0 unspecified atom stereocenters. The van der Waals surface area contributed by atoms with Crippen LogP contribution in [-0.2, 0) is 4.79 Å². The summed E-state index contributed by atoms with van der Waals surface area (Å²) in [6.07, 6.45) is 0.682. The lowest BCUT2D eigenvalue weighted by Gasteiger charge is -2.16. The molecule has 0 spiro atoms. The molecule has 30 heavy (non-hydrogen) atoms. The van der Waals surface area contributed by atoms with Gasteiger partial charge in [0.15, 0.2) is 0 Å². The Bertz CT molecular complexity index is 1130. The van der Waals surface area contributed by atoms with Gasteiger partial charge >= 0.3 is 0 Å². The van der Waals surface area contributed by atoms with Crippen LogP contribution in [0.1, 0.15) is 45.5 Å². The molecule has 0 aliphatic carbocycles. The molecule has 6 nitrogen and oxygen atoms in total. The van der Waals surface area contributed by atoms with Crippen molar-refractivity contribution >= 4 is 23.4 Å². The second kappa shape index (κ2) is 8.21. The molecule has 3 aromatic rings. The van der Waals surface area contributed by atoms with E-state index in [9.17, 15) is 14.4 Å². The van der Waals surface area contributed by atoms with Crippen LogP contribution in [0.15, 0.2) is 72.8 Å². The average Bonchev–Trinajstić information content (AvgIpc) is 3.03. The number of rotatable bonds is 6. The highest BCUT2D eigenvalue weighted by molar-refractivity contribution is 6.21. The zero-order chi connectivity index (χ0) is 21.1. The molecular formula is C24H20N2O4. The van der Waals surface area contributed by atoms with E-state index in [0.29, 0.717) is 29.2 Å². The van der Waals surface area contributed by atoms with E-state index in [-0.39, 0.29) is 17.4 Å². The van der Waals surface area contributed by atoms with Crippen LogP contribution in [0.3, 0.4) is 0 Å². The van der Waals surface area contributed by atoms with Crippen molar-refractivity contribution in [2.45, 2.75) is 19.3 Å². The fraction of sp³-hybridized carbons (Fsp3) is 0.125. The Hall–Kier alpha value is -3.93. The smallest absolute Gasteiger partial charge is 0.259 e. The minimum Gasteiger partial charge on any atom is -0.457 e. The molecule has 3 amide bonds. The van der Waals surface area contributed by atoms with Gasteiger partial charge in [-0.05, 0) is 42.3 Å². The molecule has 0 radical (unpaired) electrons. The zero-order valence-electron chi connectivity index (χ0n) is 16.3. The number of ether oxygens (including phenoxy) is 1. The maximum atomic E-state index is 12.8. The van der Waals surface area contributed by atoms with Crippen LogP contribution in [0.2, 0.25) is 0 Å². The standard InChI is InChI=1S/C24H20N2O4/c1-2-19(15-7-4-3-5-8-15)22(27)25-16-9-6-10-17(13-16)30-18-11-12-20-21(14-18)24(29)26-23(20)28/h3-14,19H,2H2,1H3,(H,25,27)(H,26,28,29)/t19-/m0/s1. The molecule has 1 atom stereocenters. The third kappa shape index (κ3) is 3.93. The number of hydrogen-bond acceptors (Lipinski definition) is 4. The van der Waals surface area contributed by atoms with Gasteiger partial charge in [0.2, 0.25) is 5.91 Å². The van der Waals surface area contributed by atoms with E-state index in [1.54, 1.807) is 36.4 Å². The highest BCUT2D eigenvalue weighted by Gasteiger charge is 2.27. The van der Waals surface area contributed by atoms with Crippen LogP contribution in [0.5, 0.6) is 11.5 Å². The van der Waals surface area contributed by atoms with Gasteiger partial charge in [0, 0.05) is 11.8 Å². The van der Waals surface area contributed by atoms with Crippen molar-refractivity contribution in [2.24, 2.45) is 0 Å². The van der Waals surface area contributed by atoms with Crippen molar-refractivity contribution < 1.29 is 19.1 Å². The number of carbonyl (C=O) groups is 3. The van der Waals surface area contributed by atoms with Crippen LogP contribution in [0.4, 0.5) is 5.69 Å². The predicted molar refractivity (Wildman–Crippen MR) is 113 cm³/mol. The zero-order valence-corrected chi connectivity index (χ0v) is 16.3. The molecule has 0 saturated carbocycles. The van der Waals surface area contributed by atoms with Gasteiger partial charge in [0.1, 0.15) is 11.5 Å². The minimum atomic E-state index is -0.437. The molecule has 150 valence electrons. The quantitative estimate of drug-likeness (QED) is 0.597. The van der Waals surface area contributed by atoms with Crippen molar-refractivity contribution in [3.8, 4) is 11.5 Å². The van der Waals surface area contributed by atoms with Crippen molar-refractivity contribution in [2.75, 3.05) is 5.32 Å². The lowest BCUT2D eigenvalue weighted by atomic mass is 9.95. The van der Waals surface area contributed by atoms with Crippen LogP contribution < -0.4 is 15.4 Å². The Morgan fingerprint density at radius 3 is 2.40 bits per heavy atom. The fourth-order valence-electron chi connectivity index (χ4n) is 3.47. The first-order valence-electron chi connectivity index (χ1n) is 9.68. The van der Waals surface area contributed by atoms with Crippen molar-refractivity contribution in [3.63, 3.8) is 0 Å². The number of imide groups is 1. The topological polar surface area (TPSA) is 84.5 Å². The van der Waals surface area contributed by atoms with E-state index >= 15 is 0 Å². The Morgan fingerprint density at radius 2 is 1.63 bits per heavy atom. The van der Waals surface area contributed by atoms with Crippen LogP contribution in [0, 0.1) is 0 Å². The maximum absolute atomic E-state index is 12.8. The lowest BCUT2D eigenvalue weighted by Crippen LogP contribution is -2.20. The Labute approximate surface area is 173 Å². The normalized spacial score (nSPS) is 13.4. The molecule has 4 rings (SSSR count). The summed E-state index contributed by atoms with van der Waals surface area (Å²) in [6, 6.07) is 21.4. The molecular weight excluding hydrogens is 380 g/mol. The summed E-state index contributed by atoms with van der Waals surface area (Å²) < 4.78 is 5.84. The number of anilines is 1. The van der Waals surface area contributed by atoms with Crippen LogP contribution in [0.25, 0.3) is 0 Å². The van der Waals surface area contributed by atoms with Gasteiger partial charge in [-0.1, -0.05) is 43.3 Å². The summed E-state index contributed by atoms with van der Waals surface area (Å²) in [6.45, 7) is 1.98. The largest absolute Gasteiger partial charge is 0.457 e. The molecule has 1 heterocycles. The summed E-state index contributed by atoms with van der Waals surface area (Å²) in [7, 11) is 0. The minimum absolute atomic E-state index is 0.0893. The summed E-state index contributed by atoms with van der Waals surface area (Å²) in [5.74, 6) is -0.247. The highest BCUT2D eigenvalue weighted by Crippen LogP contribution is 2.28. The number of nitrogens with one attached hydrogen (secondary N) is 2. The van der Waals surface area contributed by atoms with E-state index in [0.717, 1.165) is 5.56 Å². The first-order valence-corrected chi connectivity index (χ1v) is 9.68. The van der Waals surface area contributed by atoms with Gasteiger partial charge in [-0.3, -0.25) is 19.7 Å². The number of carbonyl (C=O) groups excluding carboxylic acids is 3. The predicted octanol–water partition coefficient (Wildman–Crippen LogP) is 4.49. The first-order chi connectivity index (χ1) is 14.5. The molecule has 2 N–H and O–H groups in total. The van der Waals surface area contributed by atoms with Gasteiger partial charge < -0.3 is 10.1 Å². The van der Waals surface area contributed by atoms with Gasteiger partial charge in [0.25, 0.3) is 11.8 Å². The summed E-state index contributed by atoms with van der Waals surface area (Å²) in [5.41, 5.74) is 2.20.